The van der Waals surface area contributed by atoms with Crippen molar-refractivity contribution < 1.29 is 9.53 Å². The summed E-state index contributed by atoms with van der Waals surface area (Å²) in [5.74, 6) is 0.889. The molecule has 1 saturated heterocycles. The van der Waals surface area contributed by atoms with E-state index in [2.05, 4.69) is 12.2 Å². The second-order valence-electron chi connectivity index (χ2n) is 5.49. The highest BCUT2D eigenvalue weighted by molar-refractivity contribution is 5.82. The first-order valence-electron chi connectivity index (χ1n) is 6.81. The minimum absolute atomic E-state index is 0.0134. The van der Waals surface area contributed by atoms with Gasteiger partial charge in [0.05, 0.1) is 18.2 Å². The molecule has 0 aromatic carbocycles. The Labute approximate surface area is 103 Å². The Morgan fingerprint density at radius 2 is 2.18 bits per heavy atom. The summed E-state index contributed by atoms with van der Waals surface area (Å²) in [4.78, 5) is 12.0. The van der Waals surface area contributed by atoms with Crippen LogP contribution in [0.25, 0.3) is 0 Å². The van der Waals surface area contributed by atoms with Crippen LogP contribution in [0.2, 0.25) is 0 Å². The highest BCUT2D eigenvalue weighted by Gasteiger charge is 2.41. The van der Waals surface area contributed by atoms with Gasteiger partial charge >= 0.3 is 0 Å². The molecule has 1 aliphatic heterocycles. The summed E-state index contributed by atoms with van der Waals surface area (Å²) in [6, 6.07) is -0.203. The predicted molar refractivity (Wildman–Crippen MR) is 66.4 cm³/mol. The molecule has 4 heteroatoms. The number of nitrogens with two attached hydrogens (primary N) is 1. The molecular weight excluding hydrogens is 216 g/mol. The lowest BCUT2D eigenvalue weighted by atomic mass is 9.98. The number of ether oxygens (including phenoxy) is 1. The second kappa shape index (κ2) is 5.36. The van der Waals surface area contributed by atoms with Crippen LogP contribution in [-0.4, -0.2) is 30.7 Å². The lowest BCUT2D eigenvalue weighted by Crippen LogP contribution is -2.50. The van der Waals surface area contributed by atoms with Crippen LogP contribution in [0.15, 0.2) is 0 Å². The van der Waals surface area contributed by atoms with Crippen molar-refractivity contribution in [3.05, 3.63) is 0 Å². The topological polar surface area (TPSA) is 64.4 Å². The van der Waals surface area contributed by atoms with E-state index in [1.807, 2.05) is 6.92 Å². The Morgan fingerprint density at radius 3 is 2.76 bits per heavy atom. The molecule has 0 bridgehead atoms. The normalized spacial score (nSPS) is 32.2. The predicted octanol–water partition coefficient (Wildman–Crippen LogP) is 1.04. The van der Waals surface area contributed by atoms with E-state index in [0.29, 0.717) is 5.92 Å². The molecule has 1 heterocycles. The number of hydrogen-bond acceptors (Lipinski definition) is 3. The van der Waals surface area contributed by atoms with Gasteiger partial charge < -0.3 is 15.8 Å². The quantitative estimate of drug-likeness (QED) is 0.755. The fraction of sp³-hybridized carbons (Fsp3) is 0.923. The molecule has 1 aliphatic carbocycles. The molecule has 0 aromatic rings. The Balaban J connectivity index is 1.84. The Bertz CT molecular complexity index is 279. The van der Waals surface area contributed by atoms with Crippen molar-refractivity contribution in [1.29, 1.82) is 0 Å². The van der Waals surface area contributed by atoms with Crippen LogP contribution in [0.5, 0.6) is 0 Å². The summed E-state index contributed by atoms with van der Waals surface area (Å²) >= 11 is 0. The SMILES string of the molecule is CC[C@H](C)[C@H](N)C(=O)NC1CCOC1C1CC1. The Hall–Kier alpha value is -0.610. The first-order valence-corrected chi connectivity index (χ1v) is 6.81. The van der Waals surface area contributed by atoms with Gasteiger partial charge in [0.15, 0.2) is 0 Å². The third-order valence-electron chi connectivity index (χ3n) is 4.11. The summed E-state index contributed by atoms with van der Waals surface area (Å²) in [6.45, 7) is 4.85. The van der Waals surface area contributed by atoms with Crippen LogP contribution in [0.1, 0.15) is 39.5 Å². The smallest absolute Gasteiger partial charge is 0.237 e. The van der Waals surface area contributed by atoms with Gasteiger partial charge in [-0.2, -0.15) is 0 Å². The molecule has 3 N–H and O–H groups in total. The van der Waals surface area contributed by atoms with E-state index in [9.17, 15) is 4.79 Å². The molecule has 17 heavy (non-hydrogen) atoms. The fourth-order valence-electron chi connectivity index (χ4n) is 2.45. The van der Waals surface area contributed by atoms with Crippen molar-refractivity contribution in [2.75, 3.05) is 6.61 Å². The Morgan fingerprint density at radius 1 is 1.47 bits per heavy atom. The molecule has 4 atom stereocenters. The molecule has 2 rings (SSSR count). The van der Waals surface area contributed by atoms with Gasteiger partial charge in [-0.05, 0) is 31.1 Å². The summed E-state index contributed by atoms with van der Waals surface area (Å²) in [5, 5.41) is 3.08. The van der Waals surface area contributed by atoms with Gasteiger partial charge in [0.25, 0.3) is 0 Å². The van der Waals surface area contributed by atoms with Crippen molar-refractivity contribution in [3.63, 3.8) is 0 Å². The molecule has 0 aromatic heterocycles. The minimum Gasteiger partial charge on any atom is -0.376 e. The molecule has 0 spiro atoms. The zero-order chi connectivity index (χ0) is 12.4. The lowest BCUT2D eigenvalue weighted by molar-refractivity contribution is -0.124. The molecule has 98 valence electrons. The molecule has 0 radical (unpaired) electrons. The number of carbonyl (C=O) groups excluding carboxylic acids is 1. The van der Waals surface area contributed by atoms with Gasteiger partial charge in [-0.25, -0.2) is 0 Å². The van der Waals surface area contributed by atoms with E-state index in [4.69, 9.17) is 10.5 Å². The van der Waals surface area contributed by atoms with Crippen LogP contribution in [0.4, 0.5) is 0 Å². The summed E-state index contributed by atoms with van der Waals surface area (Å²) in [6.07, 6.45) is 4.59. The maximum atomic E-state index is 12.0. The first-order chi connectivity index (χ1) is 8.13. The van der Waals surface area contributed by atoms with E-state index in [-0.39, 0.29) is 30.0 Å². The summed E-state index contributed by atoms with van der Waals surface area (Å²) in [5.41, 5.74) is 5.93. The minimum atomic E-state index is -0.388. The maximum absolute atomic E-state index is 12.0. The maximum Gasteiger partial charge on any atom is 0.237 e. The van der Waals surface area contributed by atoms with Gasteiger partial charge in [0.1, 0.15) is 0 Å². The zero-order valence-electron chi connectivity index (χ0n) is 10.8. The Kier molecular flexibility index (Phi) is 4.05. The average Bonchev–Trinajstić information content (AvgIpc) is 3.08. The van der Waals surface area contributed by atoms with E-state index in [0.717, 1.165) is 19.4 Å². The van der Waals surface area contributed by atoms with E-state index < -0.39 is 0 Å². The zero-order valence-corrected chi connectivity index (χ0v) is 10.8. The lowest BCUT2D eigenvalue weighted by Gasteiger charge is -2.23. The highest BCUT2D eigenvalue weighted by atomic mass is 16.5. The second-order valence-corrected chi connectivity index (χ2v) is 5.49. The molecule has 4 nitrogen and oxygen atoms in total. The van der Waals surface area contributed by atoms with Crippen molar-refractivity contribution in [2.24, 2.45) is 17.6 Å². The van der Waals surface area contributed by atoms with Crippen LogP contribution < -0.4 is 11.1 Å². The highest BCUT2D eigenvalue weighted by Crippen LogP contribution is 2.38. The van der Waals surface area contributed by atoms with Crippen molar-refractivity contribution in [1.82, 2.24) is 5.32 Å². The first kappa shape index (κ1) is 12.8. The van der Waals surface area contributed by atoms with Crippen molar-refractivity contribution >= 4 is 5.91 Å². The molecular formula is C13H24N2O2. The molecule has 1 saturated carbocycles. The van der Waals surface area contributed by atoms with Crippen molar-refractivity contribution in [2.45, 2.75) is 57.7 Å². The van der Waals surface area contributed by atoms with E-state index in [1.54, 1.807) is 0 Å². The van der Waals surface area contributed by atoms with Gasteiger partial charge in [-0.3, -0.25) is 4.79 Å². The van der Waals surface area contributed by atoms with E-state index >= 15 is 0 Å². The van der Waals surface area contributed by atoms with Crippen LogP contribution in [-0.2, 0) is 9.53 Å². The molecule has 1 amide bonds. The number of rotatable bonds is 5. The van der Waals surface area contributed by atoms with Crippen LogP contribution in [0.3, 0.4) is 0 Å². The van der Waals surface area contributed by atoms with Crippen LogP contribution >= 0.6 is 0 Å². The van der Waals surface area contributed by atoms with Gasteiger partial charge in [-0.15, -0.1) is 0 Å². The van der Waals surface area contributed by atoms with Gasteiger partial charge in [-0.1, -0.05) is 20.3 Å². The average molecular weight is 240 g/mol. The van der Waals surface area contributed by atoms with Crippen LogP contribution in [0, 0.1) is 11.8 Å². The number of hydrogen-bond donors (Lipinski definition) is 2. The molecule has 2 fully saturated rings. The molecule has 2 aliphatic rings. The molecule has 2 unspecified atom stereocenters. The largest absolute Gasteiger partial charge is 0.376 e. The third-order valence-corrected chi connectivity index (χ3v) is 4.11. The van der Waals surface area contributed by atoms with Gasteiger partial charge in [0, 0.05) is 6.61 Å². The van der Waals surface area contributed by atoms with Gasteiger partial charge in [0.2, 0.25) is 5.91 Å². The third kappa shape index (κ3) is 2.99. The summed E-state index contributed by atoms with van der Waals surface area (Å²) in [7, 11) is 0. The standard InChI is InChI=1S/C13H24N2O2/c1-3-8(2)11(14)13(16)15-10-6-7-17-12(10)9-4-5-9/h8-12H,3-7,14H2,1-2H3,(H,15,16)/t8-,10?,11-,12?/m0/s1. The fourth-order valence-corrected chi connectivity index (χ4v) is 2.45. The number of nitrogens with one attached hydrogen (secondary N) is 1. The number of amides is 1. The monoisotopic (exact) mass is 240 g/mol. The van der Waals surface area contributed by atoms with Crippen molar-refractivity contribution in [3.8, 4) is 0 Å². The summed E-state index contributed by atoms with van der Waals surface area (Å²) < 4.78 is 5.70. The number of carbonyl (C=O) groups is 1. The van der Waals surface area contributed by atoms with E-state index in [1.165, 1.54) is 12.8 Å².